The van der Waals surface area contributed by atoms with Crippen LogP contribution in [0.1, 0.15) is 19.8 Å². The van der Waals surface area contributed by atoms with Gasteiger partial charge in [-0.05, 0) is 25.0 Å². The molecule has 0 aromatic heterocycles. The Labute approximate surface area is 113 Å². The van der Waals surface area contributed by atoms with E-state index < -0.39 is 0 Å². The van der Waals surface area contributed by atoms with Gasteiger partial charge in [0.1, 0.15) is 0 Å². The Morgan fingerprint density at radius 2 is 2.11 bits per heavy atom. The highest BCUT2D eigenvalue weighted by Gasteiger charge is 2.43. The molecule has 0 aliphatic heterocycles. The number of hydrogen-bond acceptors (Lipinski definition) is 3. The second kappa shape index (κ2) is 5.76. The molecule has 4 heteroatoms. The zero-order valence-electron chi connectivity index (χ0n) is 10.7. The Morgan fingerprint density at radius 1 is 1.44 bits per heavy atom. The maximum Gasteiger partial charge on any atom is 0.224 e. The minimum absolute atomic E-state index is 0.0671. The third-order valence-electron chi connectivity index (χ3n) is 3.27. The Balaban J connectivity index is 1.84. The first-order valence-electron chi connectivity index (χ1n) is 6.37. The summed E-state index contributed by atoms with van der Waals surface area (Å²) in [7, 11) is 0. The van der Waals surface area contributed by atoms with E-state index in [1.54, 1.807) is 0 Å². The normalized spacial score (nSPS) is 18.1. The van der Waals surface area contributed by atoms with Crippen LogP contribution in [0.25, 0.3) is 0 Å². The van der Waals surface area contributed by atoms with E-state index in [0.29, 0.717) is 6.54 Å². The van der Waals surface area contributed by atoms with Crippen molar-refractivity contribution in [2.75, 3.05) is 13.1 Å². The molecule has 1 aromatic carbocycles. The largest absolute Gasteiger partial charge is 0.354 e. The van der Waals surface area contributed by atoms with Crippen LogP contribution in [0.3, 0.4) is 0 Å². The highest BCUT2D eigenvalue weighted by atomic mass is 32.2. The first-order valence-corrected chi connectivity index (χ1v) is 7.19. The first kappa shape index (κ1) is 13.4. The predicted octanol–water partition coefficient (Wildman–Crippen LogP) is 2.02. The minimum Gasteiger partial charge on any atom is -0.354 e. The van der Waals surface area contributed by atoms with Crippen LogP contribution in [0.15, 0.2) is 35.2 Å². The molecule has 1 unspecified atom stereocenters. The van der Waals surface area contributed by atoms with Crippen LogP contribution in [-0.4, -0.2) is 23.7 Å². The van der Waals surface area contributed by atoms with Gasteiger partial charge in [-0.2, -0.15) is 0 Å². The first-order chi connectivity index (χ1) is 8.65. The van der Waals surface area contributed by atoms with Crippen molar-refractivity contribution in [3.05, 3.63) is 30.3 Å². The molecule has 1 saturated carbocycles. The maximum atomic E-state index is 11.7. The van der Waals surface area contributed by atoms with E-state index in [9.17, 15) is 4.79 Å². The SMILES string of the molecule is CC(CN)C(=O)NCC1(Sc2ccccc2)CC1. The van der Waals surface area contributed by atoms with Crippen LogP contribution in [0.2, 0.25) is 0 Å². The number of nitrogens with one attached hydrogen (secondary N) is 1. The Kier molecular flexibility index (Phi) is 4.30. The Hall–Kier alpha value is -1.00. The molecule has 1 amide bonds. The molecule has 1 aliphatic carbocycles. The summed E-state index contributed by atoms with van der Waals surface area (Å²) in [5, 5.41) is 3.02. The summed E-state index contributed by atoms with van der Waals surface area (Å²) in [6.07, 6.45) is 2.34. The molecule has 0 bridgehead atoms. The van der Waals surface area contributed by atoms with Crippen LogP contribution in [0.5, 0.6) is 0 Å². The van der Waals surface area contributed by atoms with E-state index in [2.05, 4.69) is 17.4 Å². The third kappa shape index (κ3) is 3.50. The van der Waals surface area contributed by atoms with E-state index in [4.69, 9.17) is 5.73 Å². The van der Waals surface area contributed by atoms with E-state index >= 15 is 0 Å². The smallest absolute Gasteiger partial charge is 0.224 e. The highest BCUT2D eigenvalue weighted by Crippen LogP contribution is 2.51. The van der Waals surface area contributed by atoms with Gasteiger partial charge in [0.05, 0.1) is 0 Å². The van der Waals surface area contributed by atoms with Gasteiger partial charge in [-0.1, -0.05) is 25.1 Å². The summed E-state index contributed by atoms with van der Waals surface area (Å²) in [6.45, 7) is 3.01. The van der Waals surface area contributed by atoms with Crippen molar-refractivity contribution in [1.29, 1.82) is 0 Å². The average molecular weight is 264 g/mol. The van der Waals surface area contributed by atoms with Crippen molar-refractivity contribution < 1.29 is 4.79 Å². The summed E-state index contributed by atoms with van der Waals surface area (Å²) >= 11 is 1.87. The lowest BCUT2D eigenvalue weighted by molar-refractivity contribution is -0.124. The number of carbonyl (C=O) groups is 1. The van der Waals surface area contributed by atoms with Crippen molar-refractivity contribution in [2.45, 2.75) is 29.4 Å². The summed E-state index contributed by atoms with van der Waals surface area (Å²) in [5.74, 6) is -0.0278. The fourth-order valence-corrected chi connectivity index (χ4v) is 2.97. The van der Waals surface area contributed by atoms with E-state index in [0.717, 1.165) is 6.54 Å². The quantitative estimate of drug-likeness (QED) is 0.826. The number of carbonyl (C=O) groups excluding carboxylic acids is 1. The topological polar surface area (TPSA) is 55.1 Å². The lowest BCUT2D eigenvalue weighted by atomic mass is 10.1. The summed E-state index contributed by atoms with van der Waals surface area (Å²) < 4.78 is 0.214. The Morgan fingerprint density at radius 3 is 2.67 bits per heavy atom. The standard InChI is InChI=1S/C14H20N2OS/c1-11(9-15)13(17)16-10-14(7-8-14)18-12-5-3-2-4-6-12/h2-6,11H,7-10,15H2,1H3,(H,16,17). The van der Waals surface area contributed by atoms with Gasteiger partial charge in [0.25, 0.3) is 0 Å². The number of nitrogens with two attached hydrogens (primary N) is 1. The monoisotopic (exact) mass is 264 g/mol. The molecule has 1 aliphatic rings. The van der Waals surface area contributed by atoms with E-state index in [1.807, 2.05) is 36.9 Å². The van der Waals surface area contributed by atoms with Gasteiger partial charge < -0.3 is 11.1 Å². The average Bonchev–Trinajstić information content (AvgIpc) is 3.16. The third-order valence-corrected chi connectivity index (χ3v) is 4.76. The van der Waals surface area contributed by atoms with E-state index in [1.165, 1.54) is 17.7 Å². The van der Waals surface area contributed by atoms with Crippen LogP contribution in [0, 0.1) is 5.92 Å². The van der Waals surface area contributed by atoms with Gasteiger partial charge >= 0.3 is 0 Å². The molecule has 1 atom stereocenters. The van der Waals surface area contributed by atoms with Crippen molar-refractivity contribution in [3.8, 4) is 0 Å². The van der Waals surface area contributed by atoms with Crippen LogP contribution < -0.4 is 11.1 Å². The van der Waals surface area contributed by atoms with Gasteiger partial charge in [-0.15, -0.1) is 11.8 Å². The molecule has 0 spiro atoms. The zero-order valence-corrected chi connectivity index (χ0v) is 11.5. The molecule has 3 N–H and O–H groups in total. The molecule has 3 nitrogen and oxygen atoms in total. The molecule has 2 rings (SSSR count). The lowest BCUT2D eigenvalue weighted by Gasteiger charge is -2.17. The molecule has 98 valence electrons. The summed E-state index contributed by atoms with van der Waals surface area (Å²) in [6, 6.07) is 10.4. The molecular weight excluding hydrogens is 244 g/mol. The van der Waals surface area contributed by atoms with Crippen molar-refractivity contribution in [1.82, 2.24) is 5.32 Å². The number of rotatable bonds is 6. The molecule has 0 radical (unpaired) electrons. The zero-order chi connectivity index (χ0) is 13.0. The van der Waals surface area contributed by atoms with Crippen molar-refractivity contribution in [2.24, 2.45) is 11.7 Å². The van der Waals surface area contributed by atoms with E-state index in [-0.39, 0.29) is 16.6 Å². The second-order valence-corrected chi connectivity index (χ2v) is 6.49. The maximum absolute atomic E-state index is 11.7. The molecule has 1 aromatic rings. The Bertz CT molecular complexity index is 404. The van der Waals surface area contributed by atoms with Crippen molar-refractivity contribution in [3.63, 3.8) is 0 Å². The molecule has 1 fully saturated rings. The van der Waals surface area contributed by atoms with Gasteiger partial charge in [0.2, 0.25) is 5.91 Å². The van der Waals surface area contributed by atoms with Crippen LogP contribution in [0.4, 0.5) is 0 Å². The molecular formula is C14H20N2OS. The lowest BCUT2D eigenvalue weighted by Crippen LogP contribution is -2.37. The van der Waals surface area contributed by atoms with Gasteiger partial charge in [0, 0.05) is 28.6 Å². The van der Waals surface area contributed by atoms with Gasteiger partial charge in [-0.25, -0.2) is 0 Å². The fourth-order valence-electron chi connectivity index (χ4n) is 1.72. The highest BCUT2D eigenvalue weighted by molar-refractivity contribution is 8.01. The molecule has 0 heterocycles. The van der Waals surface area contributed by atoms with Crippen LogP contribution in [-0.2, 0) is 4.79 Å². The molecule has 0 saturated heterocycles. The molecule has 18 heavy (non-hydrogen) atoms. The van der Waals surface area contributed by atoms with Crippen LogP contribution >= 0.6 is 11.8 Å². The van der Waals surface area contributed by atoms with Gasteiger partial charge in [-0.3, -0.25) is 4.79 Å². The number of hydrogen-bond donors (Lipinski definition) is 2. The fraction of sp³-hybridized carbons (Fsp3) is 0.500. The van der Waals surface area contributed by atoms with Gasteiger partial charge in [0.15, 0.2) is 0 Å². The number of benzene rings is 1. The summed E-state index contributed by atoms with van der Waals surface area (Å²) in [4.78, 5) is 13.0. The van der Waals surface area contributed by atoms with Crippen molar-refractivity contribution >= 4 is 17.7 Å². The minimum atomic E-state index is -0.0949. The summed E-state index contributed by atoms with van der Waals surface area (Å²) in [5.41, 5.74) is 5.49. The predicted molar refractivity (Wildman–Crippen MR) is 75.5 cm³/mol. The number of thioether (sulfide) groups is 1. The second-order valence-electron chi connectivity index (χ2n) is 4.95. The number of amides is 1.